The van der Waals surface area contributed by atoms with Crippen LogP contribution in [0.2, 0.25) is 0 Å². The highest BCUT2D eigenvalue weighted by Crippen LogP contribution is 2.37. The lowest BCUT2D eigenvalue weighted by Gasteiger charge is -2.36. The van der Waals surface area contributed by atoms with Gasteiger partial charge < -0.3 is 10.5 Å². The maximum Gasteiger partial charge on any atom is 0.123 e. The molecular weight excluding hydrogens is 190 g/mol. The lowest BCUT2D eigenvalue weighted by atomic mass is 9.88. The van der Waals surface area contributed by atoms with Crippen molar-refractivity contribution in [2.24, 2.45) is 5.73 Å². The second kappa shape index (κ2) is 3.26. The summed E-state index contributed by atoms with van der Waals surface area (Å²) in [5, 5.41) is 0.00877. The Labute approximate surface area is 87.2 Å². The van der Waals surface area contributed by atoms with Gasteiger partial charge in [-0.2, -0.15) is 0 Å². The van der Waals surface area contributed by atoms with Crippen LogP contribution in [-0.2, 0) is 5.04 Å². The molecule has 0 bridgehead atoms. The molecule has 1 aromatic carbocycles. The van der Waals surface area contributed by atoms with Crippen LogP contribution in [0.15, 0.2) is 36.4 Å². The third-order valence-electron chi connectivity index (χ3n) is 3.07. The van der Waals surface area contributed by atoms with Crippen molar-refractivity contribution in [3.05, 3.63) is 42.0 Å². The van der Waals surface area contributed by atoms with Crippen LogP contribution in [0.5, 0.6) is 5.75 Å². The summed E-state index contributed by atoms with van der Waals surface area (Å²) < 4.78 is 5.60. The van der Waals surface area contributed by atoms with Crippen molar-refractivity contribution in [2.45, 2.75) is 5.04 Å². The number of benzene rings is 1. The van der Waals surface area contributed by atoms with E-state index < -0.39 is 0 Å². The molecule has 0 aliphatic carbocycles. The van der Waals surface area contributed by atoms with Crippen molar-refractivity contribution < 1.29 is 4.74 Å². The van der Waals surface area contributed by atoms with Gasteiger partial charge in [0.1, 0.15) is 12.4 Å². The van der Waals surface area contributed by atoms with Gasteiger partial charge >= 0.3 is 0 Å². The van der Waals surface area contributed by atoms with E-state index in [1.165, 1.54) is 5.56 Å². The van der Waals surface area contributed by atoms with Gasteiger partial charge in [0, 0.05) is 27.4 Å². The quantitative estimate of drug-likeness (QED) is 0.523. The molecule has 1 aliphatic rings. The number of ether oxygens (including phenoxy) is 1. The average molecular weight is 205 g/mol. The Morgan fingerprint density at radius 2 is 2.21 bits per heavy atom. The number of hydrogen-bond acceptors (Lipinski definition) is 2. The standard InChI is InChI=1S/C11H15NOSi/c1-8-6-13-10-5-3-2-4-9(10)11(8,14)7-12/h2-5H,1,6-7,12H2,14H3/t11-/m0/s1. The molecule has 2 rings (SSSR count). The average Bonchev–Trinajstić information content (AvgIpc) is 2.24. The molecule has 0 spiro atoms. The minimum atomic E-state index is 0.00877. The summed E-state index contributed by atoms with van der Waals surface area (Å²) in [6.07, 6.45) is 0. The number of fused-ring (bicyclic) bond motifs is 1. The first kappa shape index (κ1) is 9.49. The van der Waals surface area contributed by atoms with Crippen LogP contribution in [0.4, 0.5) is 0 Å². The predicted molar refractivity (Wildman–Crippen MR) is 61.7 cm³/mol. The number of hydrogen-bond donors (Lipinski definition) is 1. The van der Waals surface area contributed by atoms with E-state index in [9.17, 15) is 0 Å². The molecule has 1 atom stereocenters. The monoisotopic (exact) mass is 205 g/mol. The number of para-hydroxylation sites is 1. The minimum absolute atomic E-state index is 0.00877. The van der Waals surface area contributed by atoms with Crippen LogP contribution in [0.25, 0.3) is 0 Å². The Morgan fingerprint density at radius 3 is 2.93 bits per heavy atom. The Morgan fingerprint density at radius 1 is 1.50 bits per heavy atom. The highest BCUT2D eigenvalue weighted by molar-refractivity contribution is 6.19. The van der Waals surface area contributed by atoms with E-state index in [1.807, 2.05) is 18.2 Å². The highest BCUT2D eigenvalue weighted by Gasteiger charge is 2.34. The predicted octanol–water partition coefficient (Wildman–Crippen LogP) is 0.155. The van der Waals surface area contributed by atoms with Crippen LogP contribution >= 0.6 is 0 Å². The van der Waals surface area contributed by atoms with Crippen molar-refractivity contribution in [3.63, 3.8) is 0 Å². The summed E-state index contributed by atoms with van der Waals surface area (Å²) in [7, 11) is 0.986. The SMILES string of the molecule is C=C1COc2ccccc2[C@]1([SiH3])CN. The number of nitrogens with two attached hydrogens (primary N) is 1. The summed E-state index contributed by atoms with van der Waals surface area (Å²) in [6, 6.07) is 8.12. The van der Waals surface area contributed by atoms with Crippen molar-refractivity contribution in [1.82, 2.24) is 0 Å². The van der Waals surface area contributed by atoms with E-state index in [2.05, 4.69) is 12.6 Å². The smallest absolute Gasteiger partial charge is 0.123 e. The Balaban J connectivity index is 2.57. The third-order valence-corrected chi connectivity index (χ3v) is 4.73. The molecule has 0 saturated carbocycles. The van der Waals surface area contributed by atoms with E-state index in [0.29, 0.717) is 13.2 Å². The molecule has 0 unspecified atom stereocenters. The Kier molecular flexibility index (Phi) is 2.21. The first-order valence-corrected chi connectivity index (χ1v) is 5.79. The van der Waals surface area contributed by atoms with Gasteiger partial charge in [-0.05, 0) is 11.6 Å². The summed E-state index contributed by atoms with van der Waals surface area (Å²) in [6.45, 7) is 5.31. The third kappa shape index (κ3) is 1.20. The second-order valence-corrected chi connectivity index (χ2v) is 5.63. The van der Waals surface area contributed by atoms with Crippen LogP contribution in [0.1, 0.15) is 5.56 Å². The fraction of sp³-hybridized carbons (Fsp3) is 0.273. The van der Waals surface area contributed by atoms with Crippen molar-refractivity contribution >= 4 is 10.2 Å². The normalized spacial score (nSPS) is 25.6. The van der Waals surface area contributed by atoms with Gasteiger partial charge in [-0.3, -0.25) is 0 Å². The van der Waals surface area contributed by atoms with E-state index in [0.717, 1.165) is 21.6 Å². The molecule has 14 heavy (non-hydrogen) atoms. The fourth-order valence-electron chi connectivity index (χ4n) is 1.82. The van der Waals surface area contributed by atoms with E-state index in [1.54, 1.807) is 0 Å². The van der Waals surface area contributed by atoms with Gasteiger partial charge in [-0.1, -0.05) is 24.8 Å². The largest absolute Gasteiger partial charge is 0.489 e. The first-order chi connectivity index (χ1) is 6.68. The van der Waals surface area contributed by atoms with Crippen molar-refractivity contribution in [3.8, 4) is 5.75 Å². The van der Waals surface area contributed by atoms with E-state index in [4.69, 9.17) is 10.5 Å². The van der Waals surface area contributed by atoms with Gasteiger partial charge in [0.15, 0.2) is 0 Å². The zero-order chi connectivity index (χ0) is 10.2. The topological polar surface area (TPSA) is 35.2 Å². The second-order valence-electron chi connectivity index (χ2n) is 3.92. The van der Waals surface area contributed by atoms with E-state index in [-0.39, 0.29) is 5.04 Å². The summed E-state index contributed by atoms with van der Waals surface area (Å²) in [5.74, 6) is 0.973. The van der Waals surface area contributed by atoms with Gasteiger partial charge in [0.25, 0.3) is 0 Å². The van der Waals surface area contributed by atoms with Crippen LogP contribution in [0.3, 0.4) is 0 Å². The zero-order valence-electron chi connectivity index (χ0n) is 8.42. The highest BCUT2D eigenvalue weighted by atomic mass is 28.1. The van der Waals surface area contributed by atoms with Crippen LogP contribution < -0.4 is 10.5 Å². The van der Waals surface area contributed by atoms with Gasteiger partial charge in [0.2, 0.25) is 0 Å². The summed E-state index contributed by atoms with van der Waals surface area (Å²) in [4.78, 5) is 0. The molecule has 0 aromatic heterocycles. The molecule has 1 aliphatic heterocycles. The van der Waals surface area contributed by atoms with Gasteiger partial charge in [0.05, 0.1) is 0 Å². The first-order valence-electron chi connectivity index (χ1n) is 4.79. The zero-order valence-corrected chi connectivity index (χ0v) is 10.4. The van der Waals surface area contributed by atoms with E-state index >= 15 is 0 Å². The maximum absolute atomic E-state index is 5.86. The minimum Gasteiger partial charge on any atom is -0.489 e. The van der Waals surface area contributed by atoms with Crippen LogP contribution in [-0.4, -0.2) is 23.4 Å². The molecule has 1 aromatic rings. The van der Waals surface area contributed by atoms with Crippen molar-refractivity contribution in [2.75, 3.05) is 13.2 Å². The summed E-state index contributed by atoms with van der Waals surface area (Å²) >= 11 is 0. The van der Waals surface area contributed by atoms with Gasteiger partial charge in [-0.15, -0.1) is 0 Å². The molecule has 2 N–H and O–H groups in total. The molecule has 0 amide bonds. The Bertz CT molecular complexity index is 377. The van der Waals surface area contributed by atoms with Crippen LogP contribution in [0, 0.1) is 0 Å². The molecule has 0 radical (unpaired) electrons. The molecule has 2 nitrogen and oxygen atoms in total. The molecule has 0 fully saturated rings. The fourth-order valence-corrected chi connectivity index (χ4v) is 2.37. The van der Waals surface area contributed by atoms with Crippen molar-refractivity contribution in [1.29, 1.82) is 0 Å². The lowest BCUT2D eigenvalue weighted by molar-refractivity contribution is 0.311. The number of rotatable bonds is 1. The lowest BCUT2D eigenvalue weighted by Crippen LogP contribution is -2.42. The van der Waals surface area contributed by atoms with Gasteiger partial charge in [-0.25, -0.2) is 0 Å². The Hall–Kier alpha value is -1.06. The molecule has 3 heteroatoms. The molecule has 74 valence electrons. The molecule has 1 heterocycles. The maximum atomic E-state index is 5.86. The summed E-state index contributed by atoms with van der Waals surface area (Å²) in [5.41, 5.74) is 8.19. The molecular formula is C11H15NOSi. The molecule has 0 saturated heterocycles.